The first kappa shape index (κ1) is 13.4. The maximum absolute atomic E-state index is 5.71. The molecule has 0 aromatic heterocycles. The van der Waals surface area contributed by atoms with E-state index >= 15 is 0 Å². The third-order valence-corrected chi connectivity index (χ3v) is 2.32. The number of ether oxygens (including phenoxy) is 3. The fourth-order valence-corrected chi connectivity index (χ4v) is 1.44. The summed E-state index contributed by atoms with van der Waals surface area (Å²) in [7, 11) is 4.81. The summed E-state index contributed by atoms with van der Waals surface area (Å²) in [6.07, 6.45) is 0. The van der Waals surface area contributed by atoms with E-state index in [-0.39, 0.29) is 6.04 Å². The smallest absolute Gasteiger partial charge is 0.149 e. The number of benzene rings is 1. The van der Waals surface area contributed by atoms with E-state index in [0.29, 0.717) is 23.8 Å². The standard InChI is InChI=1S/C12H20N2O3/c1-8(13)7-14-12-10(16-3)5-9(15-2)6-11(12)17-4/h5-6,8,14H,7,13H2,1-4H3. The fraction of sp³-hybridized carbons (Fsp3) is 0.500. The summed E-state index contributed by atoms with van der Waals surface area (Å²) in [6, 6.07) is 3.64. The lowest BCUT2D eigenvalue weighted by molar-refractivity contribution is 0.377. The lowest BCUT2D eigenvalue weighted by Crippen LogP contribution is -2.25. The van der Waals surface area contributed by atoms with E-state index < -0.39 is 0 Å². The molecule has 3 N–H and O–H groups in total. The number of hydrogen-bond donors (Lipinski definition) is 2. The van der Waals surface area contributed by atoms with Crippen LogP contribution in [0.2, 0.25) is 0 Å². The summed E-state index contributed by atoms with van der Waals surface area (Å²) < 4.78 is 15.8. The average Bonchev–Trinajstić information content (AvgIpc) is 2.34. The first-order valence-electron chi connectivity index (χ1n) is 5.41. The molecule has 0 aliphatic heterocycles. The van der Waals surface area contributed by atoms with Gasteiger partial charge in [-0.1, -0.05) is 0 Å². The van der Waals surface area contributed by atoms with Gasteiger partial charge in [-0.15, -0.1) is 0 Å². The van der Waals surface area contributed by atoms with Crippen LogP contribution in [0.25, 0.3) is 0 Å². The van der Waals surface area contributed by atoms with Gasteiger partial charge < -0.3 is 25.3 Å². The van der Waals surface area contributed by atoms with Crippen LogP contribution in [0.15, 0.2) is 12.1 Å². The van der Waals surface area contributed by atoms with Gasteiger partial charge in [-0.25, -0.2) is 0 Å². The quantitative estimate of drug-likeness (QED) is 0.788. The molecule has 0 saturated carbocycles. The Morgan fingerprint density at radius 3 is 2.00 bits per heavy atom. The molecule has 0 aliphatic carbocycles. The number of hydrogen-bond acceptors (Lipinski definition) is 5. The molecular formula is C12H20N2O3. The second kappa shape index (κ2) is 6.20. The first-order valence-corrected chi connectivity index (χ1v) is 5.41. The molecule has 96 valence electrons. The van der Waals surface area contributed by atoms with Gasteiger partial charge in [0.2, 0.25) is 0 Å². The van der Waals surface area contributed by atoms with Crippen molar-refractivity contribution in [3.05, 3.63) is 12.1 Å². The molecular weight excluding hydrogens is 220 g/mol. The second-order valence-corrected chi connectivity index (χ2v) is 3.77. The van der Waals surface area contributed by atoms with E-state index in [1.165, 1.54) is 0 Å². The Balaban J connectivity index is 3.06. The van der Waals surface area contributed by atoms with Crippen molar-refractivity contribution in [3.8, 4) is 17.2 Å². The lowest BCUT2D eigenvalue weighted by atomic mass is 10.2. The van der Waals surface area contributed by atoms with Crippen LogP contribution in [0, 0.1) is 0 Å². The van der Waals surface area contributed by atoms with Gasteiger partial charge in [0.05, 0.1) is 21.3 Å². The molecule has 5 heteroatoms. The van der Waals surface area contributed by atoms with E-state index in [4.69, 9.17) is 19.9 Å². The molecule has 1 atom stereocenters. The molecule has 1 aromatic carbocycles. The third-order valence-electron chi connectivity index (χ3n) is 2.32. The largest absolute Gasteiger partial charge is 0.496 e. The Bertz CT molecular complexity index is 342. The number of methoxy groups -OCH3 is 3. The van der Waals surface area contributed by atoms with Crippen LogP contribution in [-0.2, 0) is 0 Å². The van der Waals surface area contributed by atoms with Crippen LogP contribution in [0.1, 0.15) is 6.92 Å². The van der Waals surface area contributed by atoms with E-state index in [9.17, 15) is 0 Å². The molecule has 17 heavy (non-hydrogen) atoms. The highest BCUT2D eigenvalue weighted by molar-refractivity contribution is 5.68. The van der Waals surface area contributed by atoms with Gasteiger partial charge in [0.25, 0.3) is 0 Å². The molecule has 1 aromatic rings. The minimum atomic E-state index is 0.0477. The summed E-state index contributed by atoms with van der Waals surface area (Å²) in [6.45, 7) is 2.56. The Kier molecular flexibility index (Phi) is 4.90. The maximum atomic E-state index is 5.71. The minimum Gasteiger partial charge on any atom is -0.496 e. The van der Waals surface area contributed by atoms with Gasteiger partial charge >= 0.3 is 0 Å². The van der Waals surface area contributed by atoms with E-state index in [0.717, 1.165) is 5.69 Å². The van der Waals surface area contributed by atoms with Crippen molar-refractivity contribution in [1.82, 2.24) is 0 Å². The van der Waals surface area contributed by atoms with Gasteiger partial charge in [-0.3, -0.25) is 0 Å². The predicted octanol–water partition coefficient (Wildman–Crippen LogP) is 1.47. The van der Waals surface area contributed by atoms with Gasteiger partial charge in [0.15, 0.2) is 0 Å². The number of anilines is 1. The molecule has 0 fully saturated rings. The van der Waals surface area contributed by atoms with Gasteiger partial charge in [-0.2, -0.15) is 0 Å². The van der Waals surface area contributed by atoms with Crippen LogP contribution in [0.3, 0.4) is 0 Å². The Hall–Kier alpha value is -1.62. The molecule has 0 aliphatic rings. The number of rotatable bonds is 6. The van der Waals surface area contributed by atoms with Crippen LogP contribution < -0.4 is 25.3 Å². The molecule has 1 unspecified atom stereocenters. The van der Waals surface area contributed by atoms with Gasteiger partial charge in [0, 0.05) is 24.7 Å². The molecule has 0 spiro atoms. The van der Waals surface area contributed by atoms with Crippen LogP contribution in [0.5, 0.6) is 17.2 Å². The predicted molar refractivity (Wildman–Crippen MR) is 68.2 cm³/mol. The molecule has 0 saturated heterocycles. The molecule has 5 nitrogen and oxygen atoms in total. The van der Waals surface area contributed by atoms with Crippen LogP contribution in [-0.4, -0.2) is 33.9 Å². The molecule has 0 radical (unpaired) electrons. The summed E-state index contributed by atoms with van der Waals surface area (Å²) in [5.74, 6) is 2.02. The van der Waals surface area contributed by atoms with Crippen molar-refractivity contribution in [2.45, 2.75) is 13.0 Å². The van der Waals surface area contributed by atoms with Crippen molar-refractivity contribution in [2.75, 3.05) is 33.2 Å². The Labute approximate surface area is 102 Å². The van der Waals surface area contributed by atoms with E-state index in [1.54, 1.807) is 33.5 Å². The Morgan fingerprint density at radius 1 is 1.12 bits per heavy atom. The fourth-order valence-electron chi connectivity index (χ4n) is 1.44. The van der Waals surface area contributed by atoms with Crippen molar-refractivity contribution in [3.63, 3.8) is 0 Å². The normalized spacial score (nSPS) is 11.8. The second-order valence-electron chi connectivity index (χ2n) is 3.77. The summed E-state index contributed by atoms with van der Waals surface area (Å²) in [5.41, 5.74) is 6.50. The van der Waals surface area contributed by atoms with Gasteiger partial charge in [-0.05, 0) is 6.92 Å². The van der Waals surface area contributed by atoms with Crippen molar-refractivity contribution >= 4 is 5.69 Å². The topological polar surface area (TPSA) is 65.7 Å². The molecule has 0 heterocycles. The van der Waals surface area contributed by atoms with Crippen molar-refractivity contribution < 1.29 is 14.2 Å². The zero-order chi connectivity index (χ0) is 12.8. The van der Waals surface area contributed by atoms with Crippen molar-refractivity contribution in [2.24, 2.45) is 5.73 Å². The monoisotopic (exact) mass is 240 g/mol. The summed E-state index contributed by atoms with van der Waals surface area (Å²) in [5, 5.41) is 3.20. The highest BCUT2D eigenvalue weighted by Crippen LogP contribution is 2.38. The Morgan fingerprint density at radius 2 is 1.65 bits per heavy atom. The zero-order valence-corrected chi connectivity index (χ0v) is 10.7. The van der Waals surface area contributed by atoms with Crippen molar-refractivity contribution in [1.29, 1.82) is 0 Å². The van der Waals surface area contributed by atoms with Gasteiger partial charge in [0.1, 0.15) is 22.9 Å². The van der Waals surface area contributed by atoms with Crippen LogP contribution in [0.4, 0.5) is 5.69 Å². The minimum absolute atomic E-state index is 0.0477. The maximum Gasteiger partial charge on any atom is 0.149 e. The lowest BCUT2D eigenvalue weighted by Gasteiger charge is -2.17. The summed E-state index contributed by atoms with van der Waals surface area (Å²) in [4.78, 5) is 0. The molecule has 0 bridgehead atoms. The zero-order valence-electron chi connectivity index (χ0n) is 10.7. The highest BCUT2D eigenvalue weighted by atomic mass is 16.5. The van der Waals surface area contributed by atoms with E-state index in [1.807, 2.05) is 6.92 Å². The molecule has 1 rings (SSSR count). The SMILES string of the molecule is COc1cc(OC)c(NCC(C)N)c(OC)c1. The highest BCUT2D eigenvalue weighted by Gasteiger charge is 2.13. The first-order chi connectivity index (χ1) is 8.12. The molecule has 0 amide bonds. The summed E-state index contributed by atoms with van der Waals surface area (Å²) >= 11 is 0. The number of nitrogens with one attached hydrogen (secondary N) is 1. The van der Waals surface area contributed by atoms with Crippen LogP contribution >= 0.6 is 0 Å². The number of nitrogens with two attached hydrogens (primary N) is 1. The average molecular weight is 240 g/mol. The van der Waals surface area contributed by atoms with E-state index in [2.05, 4.69) is 5.32 Å². The third kappa shape index (κ3) is 3.42.